The molecule has 1 aliphatic rings. The molecule has 2 rings (SSSR count). The summed E-state index contributed by atoms with van der Waals surface area (Å²) in [6, 6.07) is 5.74. The van der Waals surface area contributed by atoms with Crippen LogP contribution in [0.15, 0.2) is 24.3 Å². The van der Waals surface area contributed by atoms with E-state index in [2.05, 4.69) is 5.32 Å². The lowest BCUT2D eigenvalue weighted by Crippen LogP contribution is -2.46. The Kier molecular flexibility index (Phi) is 4.52. The molecule has 3 N–H and O–H groups in total. The zero-order valence-corrected chi connectivity index (χ0v) is 11.0. The summed E-state index contributed by atoms with van der Waals surface area (Å²) in [6.07, 6.45) is -0.335. The van der Waals surface area contributed by atoms with Gasteiger partial charge in [-0.25, -0.2) is 4.39 Å². The molecule has 0 aromatic heterocycles. The molecule has 19 heavy (non-hydrogen) atoms. The van der Waals surface area contributed by atoms with E-state index in [0.29, 0.717) is 31.7 Å². The molecule has 106 valence electrons. The maximum Gasteiger partial charge on any atom is 0.123 e. The van der Waals surface area contributed by atoms with E-state index < -0.39 is 11.7 Å². The van der Waals surface area contributed by atoms with Crippen molar-refractivity contribution in [2.75, 3.05) is 19.7 Å². The molecular weight excluding hydrogens is 249 g/mol. The number of hydrogen-bond donors (Lipinski definition) is 3. The first-order valence-electron chi connectivity index (χ1n) is 6.49. The van der Waals surface area contributed by atoms with Gasteiger partial charge in [0.25, 0.3) is 0 Å². The second-order valence-electron chi connectivity index (χ2n) is 5.06. The highest BCUT2D eigenvalue weighted by atomic mass is 19.1. The number of ether oxygens (including phenoxy) is 1. The van der Waals surface area contributed by atoms with Gasteiger partial charge in [0.15, 0.2) is 0 Å². The first-order chi connectivity index (χ1) is 9.01. The van der Waals surface area contributed by atoms with Crippen molar-refractivity contribution in [2.45, 2.75) is 31.2 Å². The molecule has 5 heteroatoms. The van der Waals surface area contributed by atoms with Crippen LogP contribution < -0.4 is 5.32 Å². The molecule has 3 atom stereocenters. The van der Waals surface area contributed by atoms with Crippen molar-refractivity contribution in [1.29, 1.82) is 0 Å². The number of nitrogens with one attached hydrogen (secondary N) is 1. The minimum Gasteiger partial charge on any atom is -0.387 e. The molecule has 0 radical (unpaired) electrons. The third kappa shape index (κ3) is 3.51. The van der Waals surface area contributed by atoms with Crippen molar-refractivity contribution in [3.8, 4) is 0 Å². The second kappa shape index (κ2) is 5.96. The highest BCUT2D eigenvalue weighted by molar-refractivity contribution is 5.18. The molecule has 1 aromatic carbocycles. The minimum absolute atomic E-state index is 0.206. The highest BCUT2D eigenvalue weighted by Gasteiger charge is 2.39. The molecule has 1 saturated heterocycles. The predicted molar refractivity (Wildman–Crippen MR) is 69.2 cm³/mol. The van der Waals surface area contributed by atoms with E-state index in [-0.39, 0.29) is 11.9 Å². The fraction of sp³-hybridized carbons (Fsp3) is 0.571. The molecule has 0 saturated carbocycles. The largest absolute Gasteiger partial charge is 0.387 e. The van der Waals surface area contributed by atoms with Crippen molar-refractivity contribution in [2.24, 2.45) is 0 Å². The summed E-state index contributed by atoms with van der Waals surface area (Å²) in [7, 11) is 0. The Balaban J connectivity index is 1.81. The van der Waals surface area contributed by atoms with Crippen LogP contribution in [0.2, 0.25) is 0 Å². The summed E-state index contributed by atoms with van der Waals surface area (Å²) < 4.78 is 18.1. The Labute approximate surface area is 112 Å². The van der Waals surface area contributed by atoms with Crippen LogP contribution in [0.4, 0.5) is 4.39 Å². The number of halogens is 1. The van der Waals surface area contributed by atoms with Gasteiger partial charge in [-0.3, -0.25) is 0 Å². The number of aliphatic hydroxyl groups is 2. The standard InChI is InChI=1S/C14H20FNO3/c1-10-14(18,6-7-19-10)9-16-8-13(17)11-2-4-12(15)5-3-11/h2-5,10,13,16-18H,6-9H2,1H3. The van der Waals surface area contributed by atoms with Crippen molar-refractivity contribution in [3.63, 3.8) is 0 Å². The Morgan fingerprint density at radius 1 is 1.47 bits per heavy atom. The van der Waals surface area contributed by atoms with Crippen molar-refractivity contribution >= 4 is 0 Å². The summed E-state index contributed by atoms with van der Waals surface area (Å²) in [5.74, 6) is -0.324. The molecule has 1 aliphatic heterocycles. The Bertz CT molecular complexity index is 412. The predicted octanol–water partition coefficient (Wildman–Crippen LogP) is 0.989. The van der Waals surface area contributed by atoms with Gasteiger partial charge in [0.1, 0.15) is 11.4 Å². The van der Waals surface area contributed by atoms with Crippen LogP contribution in [0.5, 0.6) is 0 Å². The second-order valence-corrected chi connectivity index (χ2v) is 5.06. The number of rotatable bonds is 5. The molecule has 0 amide bonds. The molecular formula is C14H20FNO3. The molecule has 4 nitrogen and oxygen atoms in total. The van der Waals surface area contributed by atoms with Gasteiger partial charge in [-0.15, -0.1) is 0 Å². The SMILES string of the molecule is CC1OCCC1(O)CNCC(O)c1ccc(F)cc1. The Hall–Kier alpha value is -1.01. The Morgan fingerprint density at radius 3 is 2.74 bits per heavy atom. The highest BCUT2D eigenvalue weighted by Crippen LogP contribution is 2.24. The van der Waals surface area contributed by atoms with E-state index in [1.807, 2.05) is 6.92 Å². The van der Waals surface area contributed by atoms with Crippen LogP contribution in [-0.2, 0) is 4.74 Å². The molecule has 3 unspecified atom stereocenters. The average Bonchev–Trinajstić information content (AvgIpc) is 2.70. The Morgan fingerprint density at radius 2 is 2.16 bits per heavy atom. The minimum atomic E-state index is -0.873. The fourth-order valence-electron chi connectivity index (χ4n) is 2.23. The molecule has 1 aromatic rings. The first kappa shape index (κ1) is 14.4. The molecule has 0 bridgehead atoms. The van der Waals surface area contributed by atoms with Crippen LogP contribution in [-0.4, -0.2) is 41.6 Å². The topological polar surface area (TPSA) is 61.7 Å². The normalized spacial score (nSPS) is 28.5. The maximum atomic E-state index is 12.8. The van der Waals surface area contributed by atoms with Gasteiger partial charge in [-0.05, 0) is 24.6 Å². The van der Waals surface area contributed by atoms with Gasteiger partial charge >= 0.3 is 0 Å². The quantitative estimate of drug-likeness (QED) is 0.746. The van der Waals surface area contributed by atoms with Gasteiger partial charge in [0.05, 0.1) is 12.2 Å². The lowest BCUT2D eigenvalue weighted by atomic mass is 9.96. The summed E-state index contributed by atoms with van der Waals surface area (Å²) >= 11 is 0. The number of benzene rings is 1. The van der Waals surface area contributed by atoms with Crippen LogP contribution in [0.3, 0.4) is 0 Å². The summed E-state index contributed by atoms with van der Waals surface area (Å²) in [4.78, 5) is 0. The van der Waals surface area contributed by atoms with E-state index in [4.69, 9.17) is 4.74 Å². The lowest BCUT2D eigenvalue weighted by molar-refractivity contribution is -0.0274. The molecule has 1 fully saturated rings. The molecule has 0 spiro atoms. The number of aliphatic hydroxyl groups excluding tert-OH is 1. The summed E-state index contributed by atoms with van der Waals surface area (Å²) in [6.45, 7) is 3.07. The van der Waals surface area contributed by atoms with Crippen LogP contribution >= 0.6 is 0 Å². The van der Waals surface area contributed by atoms with Gasteiger partial charge < -0.3 is 20.3 Å². The van der Waals surface area contributed by atoms with E-state index >= 15 is 0 Å². The van der Waals surface area contributed by atoms with Crippen molar-refractivity contribution in [3.05, 3.63) is 35.6 Å². The maximum absolute atomic E-state index is 12.8. The zero-order chi connectivity index (χ0) is 13.9. The van der Waals surface area contributed by atoms with Gasteiger partial charge in [-0.1, -0.05) is 12.1 Å². The van der Waals surface area contributed by atoms with Gasteiger partial charge in [0, 0.05) is 26.1 Å². The molecule has 1 heterocycles. The lowest BCUT2D eigenvalue weighted by Gasteiger charge is -2.26. The van der Waals surface area contributed by atoms with Crippen LogP contribution in [0, 0.1) is 5.82 Å². The molecule has 0 aliphatic carbocycles. The zero-order valence-electron chi connectivity index (χ0n) is 11.0. The third-order valence-electron chi connectivity index (χ3n) is 3.68. The smallest absolute Gasteiger partial charge is 0.123 e. The number of hydrogen-bond acceptors (Lipinski definition) is 4. The van der Waals surface area contributed by atoms with Crippen LogP contribution in [0.25, 0.3) is 0 Å². The van der Waals surface area contributed by atoms with Crippen molar-refractivity contribution < 1.29 is 19.3 Å². The van der Waals surface area contributed by atoms with Crippen molar-refractivity contribution in [1.82, 2.24) is 5.32 Å². The average molecular weight is 269 g/mol. The van der Waals surface area contributed by atoms with E-state index in [1.165, 1.54) is 12.1 Å². The first-order valence-corrected chi connectivity index (χ1v) is 6.49. The summed E-state index contributed by atoms with van der Waals surface area (Å²) in [5, 5.41) is 23.2. The monoisotopic (exact) mass is 269 g/mol. The summed E-state index contributed by atoms with van der Waals surface area (Å²) in [5.41, 5.74) is -0.223. The van der Waals surface area contributed by atoms with Gasteiger partial charge in [0.2, 0.25) is 0 Å². The van der Waals surface area contributed by atoms with E-state index in [9.17, 15) is 14.6 Å². The van der Waals surface area contributed by atoms with Gasteiger partial charge in [-0.2, -0.15) is 0 Å². The third-order valence-corrected chi connectivity index (χ3v) is 3.68. The van der Waals surface area contributed by atoms with E-state index in [0.717, 1.165) is 0 Å². The van der Waals surface area contributed by atoms with Crippen LogP contribution in [0.1, 0.15) is 25.0 Å². The van der Waals surface area contributed by atoms with E-state index in [1.54, 1.807) is 12.1 Å². The fourth-order valence-corrected chi connectivity index (χ4v) is 2.23.